The van der Waals surface area contributed by atoms with Crippen LogP contribution in [0, 0.1) is 0 Å². The first kappa shape index (κ1) is 16.5. The molecule has 0 bridgehead atoms. The lowest BCUT2D eigenvalue weighted by Gasteiger charge is -2.23. The molecule has 1 N–H and O–H groups in total. The Hall–Kier alpha value is -2.99. The first-order valence-electron chi connectivity index (χ1n) is 8.83. The van der Waals surface area contributed by atoms with Gasteiger partial charge in [-0.15, -0.1) is 0 Å². The maximum atomic E-state index is 12.7. The van der Waals surface area contributed by atoms with Gasteiger partial charge < -0.3 is 5.32 Å². The fourth-order valence-corrected chi connectivity index (χ4v) is 3.39. The van der Waals surface area contributed by atoms with Crippen LogP contribution in [0.2, 0.25) is 0 Å². The van der Waals surface area contributed by atoms with E-state index in [0.717, 1.165) is 37.3 Å². The minimum Gasteiger partial charge on any atom is -0.325 e. The summed E-state index contributed by atoms with van der Waals surface area (Å²) < 4.78 is 1.68. The van der Waals surface area contributed by atoms with Crippen LogP contribution < -0.4 is 5.32 Å². The quantitative estimate of drug-likeness (QED) is 0.771. The van der Waals surface area contributed by atoms with Crippen molar-refractivity contribution >= 4 is 11.6 Å². The van der Waals surface area contributed by atoms with Crippen molar-refractivity contribution in [2.75, 3.05) is 11.9 Å². The van der Waals surface area contributed by atoms with Gasteiger partial charge >= 0.3 is 0 Å². The Morgan fingerprint density at radius 1 is 1.12 bits per heavy atom. The maximum absolute atomic E-state index is 12.7. The lowest BCUT2D eigenvalue weighted by atomic mass is 10.1. The number of nitrogens with zero attached hydrogens (tertiary/aromatic N) is 4. The van der Waals surface area contributed by atoms with Crippen LogP contribution >= 0.6 is 0 Å². The second-order valence-corrected chi connectivity index (χ2v) is 6.49. The van der Waals surface area contributed by atoms with Crippen molar-refractivity contribution in [3.05, 3.63) is 72.8 Å². The molecule has 0 unspecified atom stereocenters. The number of nitrogens with one attached hydrogen (secondary N) is 1. The first-order chi connectivity index (χ1) is 12.8. The van der Waals surface area contributed by atoms with Crippen LogP contribution in [0.5, 0.6) is 0 Å². The van der Waals surface area contributed by atoms with Gasteiger partial charge in [0.15, 0.2) is 0 Å². The molecule has 1 fully saturated rings. The average molecular weight is 347 g/mol. The lowest BCUT2D eigenvalue weighted by Crippen LogP contribution is -2.39. The number of rotatable bonds is 5. The zero-order valence-corrected chi connectivity index (χ0v) is 14.5. The predicted molar refractivity (Wildman–Crippen MR) is 99.9 cm³/mol. The minimum absolute atomic E-state index is 0.0620. The number of amides is 1. The van der Waals surface area contributed by atoms with Crippen molar-refractivity contribution in [3.63, 3.8) is 0 Å². The molecule has 2 heterocycles. The second-order valence-electron chi connectivity index (χ2n) is 6.49. The summed E-state index contributed by atoms with van der Waals surface area (Å²) in [4.78, 5) is 18.9. The number of benzene rings is 2. The fourth-order valence-electron chi connectivity index (χ4n) is 3.39. The Balaban J connectivity index is 1.40. The number of hydrogen-bond donors (Lipinski definition) is 1. The largest absolute Gasteiger partial charge is 0.325 e. The van der Waals surface area contributed by atoms with Crippen LogP contribution in [0.1, 0.15) is 18.4 Å². The molecule has 0 saturated carbocycles. The summed E-state index contributed by atoms with van der Waals surface area (Å²) >= 11 is 0. The van der Waals surface area contributed by atoms with Crippen molar-refractivity contribution < 1.29 is 4.79 Å². The Bertz CT molecular complexity index is 846. The van der Waals surface area contributed by atoms with E-state index in [1.807, 2.05) is 42.5 Å². The molecule has 0 radical (unpaired) electrons. The van der Waals surface area contributed by atoms with Crippen LogP contribution in [0.15, 0.2) is 67.3 Å². The number of anilines is 1. The van der Waals surface area contributed by atoms with Crippen molar-refractivity contribution in [3.8, 4) is 5.69 Å². The molecule has 6 heteroatoms. The SMILES string of the molecule is O=C(Nc1ccc(-n2cncn2)cc1)[C@H]1CCCN1Cc1ccccc1. The van der Waals surface area contributed by atoms with Gasteiger partial charge in [0.25, 0.3) is 0 Å². The maximum Gasteiger partial charge on any atom is 0.241 e. The van der Waals surface area contributed by atoms with Gasteiger partial charge in [-0.1, -0.05) is 30.3 Å². The molecule has 1 aromatic heterocycles. The van der Waals surface area contributed by atoms with Gasteiger partial charge in [-0.05, 0) is 49.2 Å². The molecule has 26 heavy (non-hydrogen) atoms. The summed E-state index contributed by atoms with van der Waals surface area (Å²) in [7, 11) is 0. The number of aromatic nitrogens is 3. The summed E-state index contributed by atoms with van der Waals surface area (Å²) in [5, 5.41) is 7.15. The Morgan fingerprint density at radius 3 is 2.65 bits per heavy atom. The highest BCUT2D eigenvalue weighted by Crippen LogP contribution is 2.22. The van der Waals surface area contributed by atoms with Crippen LogP contribution in [0.25, 0.3) is 5.69 Å². The van der Waals surface area contributed by atoms with E-state index in [1.54, 1.807) is 11.0 Å². The Morgan fingerprint density at radius 2 is 1.92 bits per heavy atom. The highest BCUT2D eigenvalue weighted by atomic mass is 16.2. The topological polar surface area (TPSA) is 63.1 Å². The molecule has 2 aromatic carbocycles. The summed E-state index contributed by atoms with van der Waals surface area (Å²) in [6.07, 6.45) is 5.09. The van der Waals surface area contributed by atoms with E-state index in [2.05, 4.69) is 32.4 Å². The third kappa shape index (κ3) is 3.65. The van der Waals surface area contributed by atoms with Gasteiger partial charge in [-0.3, -0.25) is 9.69 Å². The van der Waals surface area contributed by atoms with Crippen molar-refractivity contribution in [1.29, 1.82) is 0 Å². The van der Waals surface area contributed by atoms with Crippen LogP contribution in [0.4, 0.5) is 5.69 Å². The third-order valence-corrected chi connectivity index (χ3v) is 4.71. The van der Waals surface area contributed by atoms with E-state index in [0.29, 0.717) is 0 Å². The molecule has 0 spiro atoms. The monoisotopic (exact) mass is 347 g/mol. The average Bonchev–Trinajstić information content (AvgIpc) is 3.35. The fraction of sp³-hybridized carbons (Fsp3) is 0.250. The van der Waals surface area contributed by atoms with Gasteiger partial charge in [0.1, 0.15) is 12.7 Å². The van der Waals surface area contributed by atoms with Crippen LogP contribution in [-0.4, -0.2) is 38.2 Å². The van der Waals surface area contributed by atoms with Gasteiger partial charge in [-0.2, -0.15) is 5.10 Å². The molecule has 1 atom stereocenters. The number of likely N-dealkylation sites (tertiary alicyclic amines) is 1. The number of carbonyl (C=O) groups is 1. The van der Waals surface area contributed by atoms with Crippen LogP contribution in [0.3, 0.4) is 0 Å². The highest BCUT2D eigenvalue weighted by Gasteiger charge is 2.30. The van der Waals surface area contributed by atoms with E-state index >= 15 is 0 Å². The van der Waals surface area contributed by atoms with Gasteiger partial charge in [0, 0.05) is 12.2 Å². The summed E-state index contributed by atoms with van der Waals surface area (Å²) in [6.45, 7) is 1.77. The first-order valence-corrected chi connectivity index (χ1v) is 8.83. The zero-order valence-electron chi connectivity index (χ0n) is 14.5. The molecular formula is C20H21N5O. The number of carbonyl (C=O) groups excluding carboxylic acids is 1. The summed E-state index contributed by atoms with van der Waals surface area (Å²) in [5.41, 5.74) is 2.95. The molecule has 1 amide bonds. The predicted octanol–water partition coefficient (Wildman–Crippen LogP) is 2.87. The Kier molecular flexibility index (Phi) is 4.75. The molecule has 0 aliphatic carbocycles. The molecule has 1 aliphatic heterocycles. The van der Waals surface area contributed by atoms with Gasteiger partial charge in [0.05, 0.1) is 11.7 Å². The molecule has 132 valence electrons. The van der Waals surface area contributed by atoms with E-state index in [-0.39, 0.29) is 11.9 Å². The smallest absolute Gasteiger partial charge is 0.241 e. The van der Waals surface area contributed by atoms with Crippen LogP contribution in [-0.2, 0) is 11.3 Å². The van der Waals surface area contributed by atoms with Crippen molar-refractivity contribution in [1.82, 2.24) is 19.7 Å². The van der Waals surface area contributed by atoms with Crippen molar-refractivity contribution in [2.24, 2.45) is 0 Å². The molecule has 3 aromatic rings. The normalized spacial score (nSPS) is 17.3. The molecule has 6 nitrogen and oxygen atoms in total. The van der Waals surface area contributed by atoms with Gasteiger partial charge in [0.2, 0.25) is 5.91 Å². The minimum atomic E-state index is -0.0785. The van der Waals surface area contributed by atoms with E-state index in [4.69, 9.17) is 0 Å². The molecule has 4 rings (SSSR count). The Labute approximate surface area is 152 Å². The third-order valence-electron chi connectivity index (χ3n) is 4.71. The van der Waals surface area contributed by atoms with E-state index in [1.165, 1.54) is 11.9 Å². The van der Waals surface area contributed by atoms with E-state index in [9.17, 15) is 4.79 Å². The standard InChI is InChI=1S/C20H21N5O/c26-20(19-7-4-12-24(19)13-16-5-2-1-3-6-16)23-17-8-10-18(11-9-17)25-15-21-14-22-25/h1-3,5-6,8-11,14-15,19H,4,7,12-13H2,(H,23,26)/t19-/m1/s1. The summed E-state index contributed by atoms with van der Waals surface area (Å²) in [6, 6.07) is 17.9. The highest BCUT2D eigenvalue weighted by molar-refractivity contribution is 5.95. The lowest BCUT2D eigenvalue weighted by molar-refractivity contribution is -0.120. The second kappa shape index (κ2) is 7.49. The summed E-state index contributed by atoms with van der Waals surface area (Å²) in [5.74, 6) is 0.0620. The molecule has 1 saturated heterocycles. The zero-order chi connectivity index (χ0) is 17.8. The van der Waals surface area contributed by atoms with E-state index < -0.39 is 0 Å². The molecular weight excluding hydrogens is 326 g/mol. The van der Waals surface area contributed by atoms with Gasteiger partial charge in [-0.25, -0.2) is 9.67 Å². The molecule has 1 aliphatic rings. The number of hydrogen-bond acceptors (Lipinski definition) is 4. The van der Waals surface area contributed by atoms with Crippen molar-refractivity contribution in [2.45, 2.75) is 25.4 Å².